The van der Waals surface area contributed by atoms with Crippen molar-refractivity contribution in [2.45, 2.75) is 13.5 Å². The third kappa shape index (κ3) is 3.56. The van der Waals surface area contributed by atoms with Crippen molar-refractivity contribution in [1.29, 1.82) is 0 Å². The second-order valence-electron chi connectivity index (χ2n) is 6.28. The molecule has 4 aromatic rings. The smallest absolute Gasteiger partial charge is 0.257 e. The zero-order chi connectivity index (χ0) is 19.7. The van der Waals surface area contributed by atoms with Crippen molar-refractivity contribution in [2.75, 3.05) is 0 Å². The molecule has 0 radical (unpaired) electrons. The quantitative estimate of drug-likeness (QED) is 0.519. The molecule has 0 aliphatic rings. The number of aryl methyl sites for hydroxylation is 1. The number of para-hydroxylation sites is 1. The van der Waals surface area contributed by atoms with Gasteiger partial charge in [-0.05, 0) is 31.2 Å². The second kappa shape index (κ2) is 7.58. The standard InChI is InChI=1S/C21H16ClN3O2S/c1-12-19(13-6-8-14(22)9-7-13)25-18(28-12)11-24-21(27)16-10-23-17-5-3-2-4-15(17)20(16)26/h2-10H,11H2,1H3,(H,23,26)(H,24,27). The number of aromatic nitrogens is 2. The zero-order valence-corrected chi connectivity index (χ0v) is 16.5. The van der Waals surface area contributed by atoms with Crippen molar-refractivity contribution in [2.24, 2.45) is 0 Å². The van der Waals surface area contributed by atoms with E-state index < -0.39 is 5.91 Å². The molecule has 2 aromatic heterocycles. The summed E-state index contributed by atoms with van der Waals surface area (Å²) in [5.74, 6) is -0.423. The number of pyridine rings is 1. The highest BCUT2D eigenvalue weighted by Gasteiger charge is 2.15. The largest absolute Gasteiger partial charge is 0.360 e. The Morgan fingerprint density at radius 2 is 1.93 bits per heavy atom. The molecular weight excluding hydrogens is 394 g/mol. The lowest BCUT2D eigenvalue weighted by Gasteiger charge is -2.04. The molecule has 140 valence electrons. The topological polar surface area (TPSA) is 74.8 Å². The van der Waals surface area contributed by atoms with Gasteiger partial charge in [-0.25, -0.2) is 4.98 Å². The van der Waals surface area contributed by atoms with Gasteiger partial charge >= 0.3 is 0 Å². The first kappa shape index (κ1) is 18.4. The van der Waals surface area contributed by atoms with Crippen molar-refractivity contribution in [1.82, 2.24) is 15.3 Å². The maximum atomic E-state index is 12.5. The summed E-state index contributed by atoms with van der Waals surface area (Å²) in [6, 6.07) is 14.6. The third-order valence-corrected chi connectivity index (χ3v) is 5.61. The van der Waals surface area contributed by atoms with E-state index in [2.05, 4.69) is 15.3 Å². The van der Waals surface area contributed by atoms with Crippen molar-refractivity contribution in [3.63, 3.8) is 0 Å². The molecule has 0 bridgehead atoms. The fourth-order valence-electron chi connectivity index (χ4n) is 2.99. The van der Waals surface area contributed by atoms with E-state index in [1.165, 1.54) is 17.5 Å². The van der Waals surface area contributed by atoms with Gasteiger partial charge in [-0.15, -0.1) is 11.3 Å². The van der Waals surface area contributed by atoms with Crippen LogP contribution in [0.4, 0.5) is 0 Å². The Bertz CT molecular complexity index is 1230. The Labute approximate surface area is 170 Å². The molecule has 0 saturated carbocycles. The summed E-state index contributed by atoms with van der Waals surface area (Å²) >= 11 is 7.46. The van der Waals surface area contributed by atoms with Gasteiger partial charge < -0.3 is 10.3 Å². The number of halogens is 1. The van der Waals surface area contributed by atoms with Gasteiger partial charge in [0.15, 0.2) is 0 Å². The summed E-state index contributed by atoms with van der Waals surface area (Å²) in [4.78, 5) is 33.7. The average Bonchev–Trinajstić information content (AvgIpc) is 3.08. The van der Waals surface area contributed by atoms with Gasteiger partial charge in [0.25, 0.3) is 5.91 Å². The number of hydrogen-bond acceptors (Lipinski definition) is 4. The highest BCUT2D eigenvalue weighted by molar-refractivity contribution is 7.12. The number of thiazole rings is 1. The van der Waals surface area contributed by atoms with E-state index in [-0.39, 0.29) is 17.5 Å². The van der Waals surface area contributed by atoms with E-state index in [0.29, 0.717) is 15.9 Å². The number of amides is 1. The minimum Gasteiger partial charge on any atom is -0.360 e. The Kier molecular flexibility index (Phi) is 4.98. The summed E-state index contributed by atoms with van der Waals surface area (Å²) in [6.45, 7) is 2.24. The first-order valence-electron chi connectivity index (χ1n) is 8.64. The van der Waals surface area contributed by atoms with E-state index in [1.54, 1.807) is 18.2 Å². The van der Waals surface area contributed by atoms with Crippen LogP contribution in [-0.4, -0.2) is 15.9 Å². The van der Waals surface area contributed by atoms with Crippen molar-refractivity contribution in [3.8, 4) is 11.3 Å². The predicted molar refractivity (Wildman–Crippen MR) is 113 cm³/mol. The van der Waals surface area contributed by atoms with Crippen molar-refractivity contribution in [3.05, 3.63) is 85.4 Å². The maximum absolute atomic E-state index is 12.5. The molecule has 28 heavy (non-hydrogen) atoms. The number of nitrogens with one attached hydrogen (secondary N) is 2. The van der Waals surface area contributed by atoms with Crippen LogP contribution in [0.2, 0.25) is 5.02 Å². The van der Waals surface area contributed by atoms with Crippen LogP contribution in [0.3, 0.4) is 0 Å². The number of benzene rings is 2. The van der Waals surface area contributed by atoms with Gasteiger partial charge in [0, 0.05) is 32.6 Å². The number of carbonyl (C=O) groups is 1. The van der Waals surface area contributed by atoms with Gasteiger partial charge in [-0.3, -0.25) is 9.59 Å². The van der Waals surface area contributed by atoms with Gasteiger partial charge in [0.1, 0.15) is 10.6 Å². The number of carbonyl (C=O) groups excluding carboxylic acids is 1. The lowest BCUT2D eigenvalue weighted by atomic mass is 10.1. The first-order chi connectivity index (χ1) is 13.5. The van der Waals surface area contributed by atoms with E-state index in [9.17, 15) is 9.59 Å². The normalized spacial score (nSPS) is 10.9. The van der Waals surface area contributed by atoms with E-state index in [4.69, 9.17) is 11.6 Å². The molecule has 0 unspecified atom stereocenters. The Morgan fingerprint density at radius 1 is 1.18 bits per heavy atom. The molecule has 5 nitrogen and oxygen atoms in total. The van der Waals surface area contributed by atoms with E-state index in [0.717, 1.165) is 21.1 Å². The second-order valence-corrected chi connectivity index (χ2v) is 8.00. The van der Waals surface area contributed by atoms with Gasteiger partial charge in [0.05, 0.1) is 12.2 Å². The third-order valence-electron chi connectivity index (χ3n) is 4.39. The first-order valence-corrected chi connectivity index (χ1v) is 9.83. The summed E-state index contributed by atoms with van der Waals surface area (Å²) < 4.78 is 0. The minimum atomic E-state index is -0.423. The molecule has 0 aliphatic heterocycles. The molecule has 4 rings (SSSR count). The predicted octanol–water partition coefficient (Wildman–Crippen LogP) is 4.54. The molecule has 7 heteroatoms. The van der Waals surface area contributed by atoms with Gasteiger partial charge in [0.2, 0.25) is 5.43 Å². The molecule has 0 fully saturated rings. The number of H-pyrrole nitrogens is 1. The monoisotopic (exact) mass is 409 g/mol. The van der Waals surface area contributed by atoms with Crippen molar-refractivity contribution >= 4 is 39.7 Å². The fourth-order valence-corrected chi connectivity index (χ4v) is 4.01. The highest BCUT2D eigenvalue weighted by atomic mass is 35.5. The molecule has 0 aliphatic carbocycles. The molecule has 1 amide bonds. The Morgan fingerprint density at radius 3 is 2.71 bits per heavy atom. The molecule has 0 atom stereocenters. The SMILES string of the molecule is Cc1sc(CNC(=O)c2c[nH]c3ccccc3c2=O)nc1-c1ccc(Cl)cc1. The lowest BCUT2D eigenvalue weighted by Crippen LogP contribution is -2.28. The molecule has 2 heterocycles. The summed E-state index contributed by atoms with van der Waals surface area (Å²) in [7, 11) is 0. The summed E-state index contributed by atoms with van der Waals surface area (Å²) in [6.07, 6.45) is 1.45. The number of aromatic amines is 1. The maximum Gasteiger partial charge on any atom is 0.257 e. The zero-order valence-electron chi connectivity index (χ0n) is 15.0. The summed E-state index contributed by atoms with van der Waals surface area (Å²) in [5, 5.41) is 4.72. The van der Waals surface area contributed by atoms with Crippen LogP contribution >= 0.6 is 22.9 Å². The van der Waals surface area contributed by atoms with Crippen LogP contribution in [0.1, 0.15) is 20.2 Å². The average molecular weight is 410 g/mol. The van der Waals surface area contributed by atoms with Gasteiger partial charge in [-0.1, -0.05) is 35.9 Å². The molecule has 0 spiro atoms. The van der Waals surface area contributed by atoms with Crippen LogP contribution in [-0.2, 0) is 6.54 Å². The number of rotatable bonds is 4. The molecule has 2 aromatic carbocycles. The van der Waals surface area contributed by atoms with Gasteiger partial charge in [-0.2, -0.15) is 0 Å². The van der Waals surface area contributed by atoms with E-state index >= 15 is 0 Å². The van der Waals surface area contributed by atoms with Crippen LogP contribution < -0.4 is 10.7 Å². The number of hydrogen-bond donors (Lipinski definition) is 2. The Balaban J connectivity index is 1.53. The highest BCUT2D eigenvalue weighted by Crippen LogP contribution is 2.28. The van der Waals surface area contributed by atoms with Crippen LogP contribution in [0, 0.1) is 6.92 Å². The van der Waals surface area contributed by atoms with Crippen molar-refractivity contribution < 1.29 is 4.79 Å². The summed E-state index contributed by atoms with van der Waals surface area (Å²) in [5.41, 5.74) is 2.34. The number of nitrogens with zero attached hydrogens (tertiary/aromatic N) is 1. The van der Waals surface area contributed by atoms with Crippen LogP contribution in [0.15, 0.2) is 59.5 Å². The molecular formula is C21H16ClN3O2S. The minimum absolute atomic E-state index is 0.0879. The lowest BCUT2D eigenvalue weighted by molar-refractivity contribution is 0.0949. The van der Waals surface area contributed by atoms with E-state index in [1.807, 2.05) is 37.3 Å². The van der Waals surface area contributed by atoms with Crippen LogP contribution in [0.25, 0.3) is 22.2 Å². The molecule has 0 saturated heterocycles. The Hall–Kier alpha value is -2.96. The number of fused-ring (bicyclic) bond motifs is 1. The van der Waals surface area contributed by atoms with Crippen LogP contribution in [0.5, 0.6) is 0 Å². The molecule has 2 N–H and O–H groups in total. The fraction of sp³-hybridized carbons (Fsp3) is 0.0952.